The second-order valence-electron chi connectivity index (χ2n) is 7.02. The Morgan fingerprint density at radius 2 is 2.07 bits per heavy atom. The van der Waals surface area contributed by atoms with Gasteiger partial charge in [-0.2, -0.15) is 0 Å². The van der Waals surface area contributed by atoms with Gasteiger partial charge in [0.1, 0.15) is 19.0 Å². The van der Waals surface area contributed by atoms with Crippen LogP contribution in [0.25, 0.3) is 0 Å². The van der Waals surface area contributed by atoms with Gasteiger partial charge in [-0.3, -0.25) is 9.59 Å². The monoisotopic (exact) mass is 384 g/mol. The van der Waals surface area contributed by atoms with Gasteiger partial charge in [0.25, 0.3) is 0 Å². The summed E-state index contributed by atoms with van der Waals surface area (Å²) in [5.41, 5.74) is 1.81. The molecule has 0 radical (unpaired) electrons. The zero-order chi connectivity index (χ0) is 19.7. The Morgan fingerprint density at radius 3 is 2.89 bits per heavy atom. The molecule has 2 amide bonds. The standard InChI is InChI=1S/C21H21FN2O4/c1-13-5-6-17(16(22)9-13)24-12-15(10-19(24)25)21(26)23-11-14-3-2-4-18-20(14)28-8-7-27-18/h2-6,9,15H,7-8,10-12H2,1H3,(H,23,26). The summed E-state index contributed by atoms with van der Waals surface area (Å²) in [6.07, 6.45) is 0.0612. The van der Waals surface area contributed by atoms with Crippen molar-refractivity contribution < 1.29 is 23.5 Å². The molecule has 1 fully saturated rings. The zero-order valence-corrected chi connectivity index (χ0v) is 15.5. The van der Waals surface area contributed by atoms with Crippen LogP contribution < -0.4 is 19.7 Å². The van der Waals surface area contributed by atoms with Gasteiger partial charge in [-0.1, -0.05) is 18.2 Å². The van der Waals surface area contributed by atoms with Gasteiger partial charge in [-0.25, -0.2) is 4.39 Å². The number of hydrogen-bond donors (Lipinski definition) is 1. The number of nitrogens with one attached hydrogen (secondary N) is 1. The van der Waals surface area contributed by atoms with Crippen LogP contribution in [0.15, 0.2) is 36.4 Å². The van der Waals surface area contributed by atoms with Gasteiger partial charge in [0, 0.05) is 25.1 Å². The molecule has 0 aliphatic carbocycles. The van der Waals surface area contributed by atoms with Crippen LogP contribution in [-0.2, 0) is 16.1 Å². The summed E-state index contributed by atoms with van der Waals surface area (Å²) in [5, 5.41) is 2.86. The maximum Gasteiger partial charge on any atom is 0.227 e. The van der Waals surface area contributed by atoms with Crippen LogP contribution in [0.5, 0.6) is 11.5 Å². The molecule has 2 aliphatic rings. The van der Waals surface area contributed by atoms with Crippen LogP contribution in [0.1, 0.15) is 17.5 Å². The highest BCUT2D eigenvalue weighted by Gasteiger charge is 2.36. The quantitative estimate of drug-likeness (QED) is 0.880. The fraction of sp³-hybridized carbons (Fsp3) is 0.333. The molecule has 2 aromatic rings. The molecule has 1 unspecified atom stereocenters. The van der Waals surface area contributed by atoms with E-state index in [0.29, 0.717) is 24.7 Å². The Balaban J connectivity index is 1.42. The smallest absolute Gasteiger partial charge is 0.227 e. The van der Waals surface area contributed by atoms with Gasteiger partial charge in [-0.05, 0) is 30.7 Å². The lowest BCUT2D eigenvalue weighted by Crippen LogP contribution is -2.33. The van der Waals surface area contributed by atoms with Crippen molar-refractivity contribution in [2.75, 3.05) is 24.7 Å². The molecule has 146 valence electrons. The number of halogens is 1. The number of nitrogens with zero attached hydrogens (tertiary/aromatic N) is 1. The molecule has 1 saturated heterocycles. The normalized spacial score (nSPS) is 18.3. The predicted molar refractivity (Wildman–Crippen MR) is 101 cm³/mol. The predicted octanol–water partition coefficient (Wildman–Crippen LogP) is 2.57. The van der Waals surface area contributed by atoms with Crippen molar-refractivity contribution in [2.24, 2.45) is 5.92 Å². The first-order valence-electron chi connectivity index (χ1n) is 9.24. The van der Waals surface area contributed by atoms with Gasteiger partial charge >= 0.3 is 0 Å². The summed E-state index contributed by atoms with van der Waals surface area (Å²) in [6, 6.07) is 10.2. The van der Waals surface area contributed by atoms with Gasteiger partial charge in [0.05, 0.1) is 11.6 Å². The number of aryl methyl sites for hydroxylation is 1. The number of rotatable bonds is 4. The van der Waals surface area contributed by atoms with Crippen molar-refractivity contribution in [2.45, 2.75) is 19.9 Å². The highest BCUT2D eigenvalue weighted by Crippen LogP contribution is 2.33. The molecule has 2 aliphatic heterocycles. The van der Waals surface area contributed by atoms with Crippen LogP contribution in [0.4, 0.5) is 10.1 Å². The molecule has 0 aromatic heterocycles. The third-order valence-electron chi connectivity index (χ3n) is 4.99. The zero-order valence-electron chi connectivity index (χ0n) is 15.5. The molecule has 0 spiro atoms. The number of hydrogen-bond acceptors (Lipinski definition) is 4. The number of benzene rings is 2. The lowest BCUT2D eigenvalue weighted by Gasteiger charge is -2.21. The Labute approximate surface area is 162 Å². The lowest BCUT2D eigenvalue weighted by molar-refractivity contribution is -0.126. The van der Waals surface area contributed by atoms with Gasteiger partial charge in [0.2, 0.25) is 11.8 Å². The minimum Gasteiger partial charge on any atom is -0.486 e. The number of fused-ring (bicyclic) bond motifs is 1. The molecule has 6 nitrogen and oxygen atoms in total. The fourth-order valence-corrected chi connectivity index (χ4v) is 3.55. The number of amides is 2. The minimum absolute atomic E-state index is 0.0612. The first kappa shape index (κ1) is 18.3. The molecule has 28 heavy (non-hydrogen) atoms. The van der Waals surface area contributed by atoms with Crippen molar-refractivity contribution in [3.05, 3.63) is 53.3 Å². The molecule has 2 aromatic carbocycles. The van der Waals surface area contributed by atoms with Crippen LogP contribution in [0.2, 0.25) is 0 Å². The van der Waals surface area contributed by atoms with Crippen molar-refractivity contribution in [1.82, 2.24) is 5.32 Å². The maximum absolute atomic E-state index is 14.2. The molecule has 7 heteroatoms. The number of carbonyl (C=O) groups excluding carboxylic acids is 2. The molecule has 1 atom stereocenters. The SMILES string of the molecule is Cc1ccc(N2CC(C(=O)NCc3cccc4c3OCCO4)CC2=O)c(F)c1. The summed E-state index contributed by atoms with van der Waals surface area (Å²) in [4.78, 5) is 26.3. The van der Waals surface area contributed by atoms with Crippen molar-refractivity contribution in [1.29, 1.82) is 0 Å². The second kappa shape index (κ2) is 7.50. The van der Waals surface area contributed by atoms with E-state index in [-0.39, 0.29) is 37.0 Å². The van der Waals surface area contributed by atoms with Gasteiger partial charge in [-0.15, -0.1) is 0 Å². The average Bonchev–Trinajstić information content (AvgIpc) is 3.07. The van der Waals surface area contributed by atoms with E-state index >= 15 is 0 Å². The van der Waals surface area contributed by atoms with Crippen molar-refractivity contribution in [3.63, 3.8) is 0 Å². The van der Waals surface area contributed by atoms with Crippen LogP contribution in [0.3, 0.4) is 0 Å². The summed E-state index contributed by atoms with van der Waals surface area (Å²) in [5.74, 6) is -0.170. The highest BCUT2D eigenvalue weighted by molar-refractivity contribution is 6.00. The summed E-state index contributed by atoms with van der Waals surface area (Å²) in [6.45, 7) is 3.18. The largest absolute Gasteiger partial charge is 0.486 e. The molecule has 0 bridgehead atoms. The summed E-state index contributed by atoms with van der Waals surface area (Å²) < 4.78 is 25.4. The molecule has 1 N–H and O–H groups in total. The Bertz CT molecular complexity index is 931. The third-order valence-corrected chi connectivity index (χ3v) is 4.99. The second-order valence-corrected chi connectivity index (χ2v) is 7.02. The average molecular weight is 384 g/mol. The first-order valence-corrected chi connectivity index (χ1v) is 9.24. The van der Waals surface area contributed by atoms with Gasteiger partial charge in [0.15, 0.2) is 11.5 Å². The fourth-order valence-electron chi connectivity index (χ4n) is 3.55. The number of carbonyl (C=O) groups is 2. The molecule has 2 heterocycles. The Kier molecular flexibility index (Phi) is 4.90. The van der Waals surface area contributed by atoms with Crippen molar-refractivity contribution in [3.8, 4) is 11.5 Å². The van der Waals surface area contributed by atoms with Crippen LogP contribution in [0, 0.1) is 18.7 Å². The van der Waals surface area contributed by atoms with Gasteiger partial charge < -0.3 is 19.7 Å². The highest BCUT2D eigenvalue weighted by atomic mass is 19.1. The molecular weight excluding hydrogens is 363 g/mol. The van der Waals surface area contributed by atoms with E-state index in [0.717, 1.165) is 11.1 Å². The van der Waals surface area contributed by atoms with Crippen LogP contribution >= 0.6 is 0 Å². The Morgan fingerprint density at radius 1 is 1.25 bits per heavy atom. The van der Waals surface area contributed by atoms with E-state index in [4.69, 9.17) is 9.47 Å². The minimum atomic E-state index is -0.523. The molecule has 4 rings (SSSR count). The van der Waals surface area contributed by atoms with Crippen LogP contribution in [-0.4, -0.2) is 31.6 Å². The van der Waals surface area contributed by atoms with E-state index in [2.05, 4.69) is 5.32 Å². The Hall–Kier alpha value is -3.09. The van der Waals surface area contributed by atoms with E-state index in [1.807, 2.05) is 18.2 Å². The molecule has 0 saturated carbocycles. The third kappa shape index (κ3) is 3.52. The van der Waals surface area contributed by atoms with E-state index < -0.39 is 11.7 Å². The number of para-hydroxylation sites is 1. The summed E-state index contributed by atoms with van der Waals surface area (Å²) in [7, 11) is 0. The first-order chi connectivity index (χ1) is 13.5. The number of ether oxygens (including phenoxy) is 2. The molecular formula is C21H21FN2O4. The van der Waals surface area contributed by atoms with E-state index in [9.17, 15) is 14.0 Å². The van der Waals surface area contributed by atoms with Crippen molar-refractivity contribution >= 4 is 17.5 Å². The maximum atomic E-state index is 14.2. The number of anilines is 1. The van der Waals surface area contributed by atoms with E-state index in [1.54, 1.807) is 19.1 Å². The topological polar surface area (TPSA) is 67.9 Å². The lowest BCUT2D eigenvalue weighted by atomic mass is 10.1. The van der Waals surface area contributed by atoms with E-state index in [1.165, 1.54) is 11.0 Å². The summed E-state index contributed by atoms with van der Waals surface area (Å²) >= 11 is 0.